The van der Waals surface area contributed by atoms with Crippen molar-refractivity contribution in [3.8, 4) is 0 Å². The number of hydrogen-bond donors (Lipinski definition) is 3. The summed E-state index contributed by atoms with van der Waals surface area (Å²) in [6, 6.07) is -1.36. The van der Waals surface area contributed by atoms with Gasteiger partial charge in [0, 0.05) is 0 Å². The maximum atomic E-state index is 10.9. The lowest BCUT2D eigenvalue weighted by Gasteiger charge is -2.20. The molecule has 0 bridgehead atoms. The molecule has 0 aromatic heterocycles. The fraction of sp³-hybridized carbons (Fsp3) is 0.333. The van der Waals surface area contributed by atoms with Crippen LogP contribution >= 0.6 is 15.9 Å². The Kier molecular flexibility index (Phi) is 2.49. The predicted octanol–water partition coefficient (Wildman–Crippen LogP) is -0.225. The van der Waals surface area contributed by atoms with Crippen molar-refractivity contribution in [2.45, 2.75) is 11.0 Å². The van der Waals surface area contributed by atoms with Gasteiger partial charge in [-0.2, -0.15) is 0 Å². The van der Waals surface area contributed by atoms with Crippen LogP contribution in [0.2, 0.25) is 0 Å². The molecule has 2 unspecified atom stereocenters. The van der Waals surface area contributed by atoms with E-state index in [1.807, 2.05) is 0 Å². The van der Waals surface area contributed by atoms with Crippen molar-refractivity contribution in [2.24, 2.45) is 0 Å². The molecule has 0 radical (unpaired) electrons. The molecule has 0 saturated heterocycles. The van der Waals surface area contributed by atoms with Gasteiger partial charge in [-0.15, -0.1) is 0 Å². The van der Waals surface area contributed by atoms with Gasteiger partial charge in [-0.1, -0.05) is 15.9 Å². The molecule has 1 heterocycles. The van der Waals surface area contributed by atoms with Crippen molar-refractivity contribution < 1.29 is 19.8 Å². The lowest BCUT2D eigenvalue weighted by Crippen LogP contribution is -2.49. The molecule has 0 spiro atoms. The van der Waals surface area contributed by atoms with E-state index in [9.17, 15) is 9.59 Å². The van der Waals surface area contributed by atoms with Crippen LogP contribution in [0.1, 0.15) is 0 Å². The third-order valence-corrected chi connectivity index (χ3v) is 1.92. The molecule has 66 valence electrons. The van der Waals surface area contributed by atoms with E-state index in [0.29, 0.717) is 0 Å². The minimum atomic E-state index is -1.36. The quantitative estimate of drug-likeness (QED) is 0.332. The standard InChI is InChI=1S/C6H6BrNO4/c7-3-1-2(9)5(10)4(8-3)6(11)12/h1,3-4,8-9H,(H,11,12). The van der Waals surface area contributed by atoms with Crippen LogP contribution in [0.15, 0.2) is 11.8 Å². The van der Waals surface area contributed by atoms with Gasteiger partial charge >= 0.3 is 5.97 Å². The molecular formula is C6H6BrNO4. The van der Waals surface area contributed by atoms with Crippen molar-refractivity contribution in [1.82, 2.24) is 5.32 Å². The zero-order valence-electron chi connectivity index (χ0n) is 5.82. The number of carboxylic acids is 1. The first kappa shape index (κ1) is 9.21. The van der Waals surface area contributed by atoms with Gasteiger partial charge in [0.1, 0.15) is 0 Å². The molecule has 0 fully saturated rings. The van der Waals surface area contributed by atoms with E-state index >= 15 is 0 Å². The van der Waals surface area contributed by atoms with Gasteiger partial charge in [0.2, 0.25) is 5.78 Å². The first-order chi connectivity index (χ1) is 5.52. The van der Waals surface area contributed by atoms with E-state index in [1.165, 1.54) is 6.08 Å². The molecule has 0 aliphatic carbocycles. The van der Waals surface area contributed by atoms with Crippen molar-refractivity contribution >= 4 is 27.7 Å². The number of rotatable bonds is 1. The molecule has 6 heteroatoms. The molecule has 1 aliphatic heterocycles. The number of carboxylic acid groups (broad SMARTS) is 1. The first-order valence-corrected chi connectivity index (χ1v) is 4.02. The van der Waals surface area contributed by atoms with E-state index in [2.05, 4.69) is 21.2 Å². The van der Waals surface area contributed by atoms with Crippen molar-refractivity contribution in [2.75, 3.05) is 0 Å². The van der Waals surface area contributed by atoms with E-state index in [1.54, 1.807) is 0 Å². The number of Topliss-reactive ketones (excluding diaryl/α,β-unsaturated/α-hetero) is 1. The Morgan fingerprint density at radius 1 is 1.67 bits per heavy atom. The van der Waals surface area contributed by atoms with Gasteiger partial charge in [-0.3, -0.25) is 14.9 Å². The monoisotopic (exact) mass is 235 g/mol. The molecule has 0 saturated carbocycles. The van der Waals surface area contributed by atoms with Crippen LogP contribution in [0.4, 0.5) is 0 Å². The van der Waals surface area contributed by atoms with Crippen LogP contribution in [0.25, 0.3) is 0 Å². The summed E-state index contributed by atoms with van der Waals surface area (Å²) in [5.74, 6) is -2.65. The summed E-state index contributed by atoms with van der Waals surface area (Å²) in [6.07, 6.45) is 1.20. The first-order valence-electron chi connectivity index (χ1n) is 3.10. The van der Waals surface area contributed by atoms with Crippen molar-refractivity contribution in [3.63, 3.8) is 0 Å². The maximum absolute atomic E-state index is 10.9. The smallest absolute Gasteiger partial charge is 0.329 e. The maximum Gasteiger partial charge on any atom is 0.329 e. The second kappa shape index (κ2) is 3.24. The summed E-state index contributed by atoms with van der Waals surface area (Å²) < 4.78 is 0. The fourth-order valence-corrected chi connectivity index (χ4v) is 1.35. The number of hydrogen-bond acceptors (Lipinski definition) is 4. The van der Waals surface area contributed by atoms with Gasteiger partial charge in [-0.25, -0.2) is 0 Å². The number of aliphatic hydroxyl groups is 1. The second-order valence-electron chi connectivity index (χ2n) is 2.26. The molecule has 1 aliphatic rings. The molecule has 2 atom stereocenters. The predicted molar refractivity (Wildman–Crippen MR) is 43.0 cm³/mol. The minimum Gasteiger partial charge on any atom is -0.504 e. The van der Waals surface area contributed by atoms with Gasteiger partial charge in [-0.05, 0) is 6.08 Å². The van der Waals surface area contributed by atoms with E-state index < -0.39 is 28.5 Å². The topological polar surface area (TPSA) is 86.6 Å². The fourth-order valence-electron chi connectivity index (χ4n) is 0.835. The molecule has 3 N–H and O–H groups in total. The summed E-state index contributed by atoms with van der Waals surface area (Å²) in [4.78, 5) is 20.9. The van der Waals surface area contributed by atoms with Gasteiger partial charge in [0.15, 0.2) is 11.8 Å². The molecule has 5 nitrogen and oxygen atoms in total. The third kappa shape index (κ3) is 1.64. The van der Waals surface area contributed by atoms with Gasteiger partial charge in [0.25, 0.3) is 0 Å². The number of ketones is 1. The Hall–Kier alpha value is -0.880. The van der Waals surface area contributed by atoms with Crippen LogP contribution < -0.4 is 5.32 Å². The SMILES string of the molecule is O=C(O)C1NC(Br)C=C(O)C1=O. The Labute approximate surface area is 76.2 Å². The highest BCUT2D eigenvalue weighted by Gasteiger charge is 2.33. The molecule has 12 heavy (non-hydrogen) atoms. The molecule has 1 rings (SSSR count). The van der Waals surface area contributed by atoms with Crippen LogP contribution in [0.5, 0.6) is 0 Å². The zero-order chi connectivity index (χ0) is 9.30. The zero-order valence-corrected chi connectivity index (χ0v) is 7.41. The lowest BCUT2D eigenvalue weighted by atomic mass is 10.1. The Morgan fingerprint density at radius 3 is 2.75 bits per heavy atom. The summed E-state index contributed by atoms with van der Waals surface area (Å²) in [5.41, 5.74) is 0. The van der Waals surface area contributed by atoms with Crippen molar-refractivity contribution in [3.05, 3.63) is 11.8 Å². The van der Waals surface area contributed by atoms with E-state index in [-0.39, 0.29) is 0 Å². The molecule has 0 aromatic rings. The Morgan fingerprint density at radius 2 is 2.25 bits per heavy atom. The van der Waals surface area contributed by atoms with Gasteiger partial charge < -0.3 is 10.2 Å². The summed E-state index contributed by atoms with van der Waals surface area (Å²) >= 11 is 3.00. The highest BCUT2D eigenvalue weighted by Crippen LogP contribution is 2.11. The minimum absolute atomic E-state index is 0.490. The highest BCUT2D eigenvalue weighted by molar-refractivity contribution is 9.09. The largest absolute Gasteiger partial charge is 0.504 e. The van der Waals surface area contributed by atoms with E-state index in [4.69, 9.17) is 10.2 Å². The average Bonchev–Trinajstić information content (AvgIpc) is 1.96. The van der Waals surface area contributed by atoms with Crippen LogP contribution in [0.3, 0.4) is 0 Å². The Bertz CT molecular complexity index is 262. The normalized spacial score (nSPS) is 29.8. The number of alkyl halides is 1. The average molecular weight is 236 g/mol. The number of aliphatic carboxylic acids is 1. The van der Waals surface area contributed by atoms with Crippen molar-refractivity contribution in [1.29, 1.82) is 0 Å². The Balaban J connectivity index is 2.89. The molecular weight excluding hydrogens is 230 g/mol. The number of carbonyl (C=O) groups excluding carboxylic acids is 1. The highest BCUT2D eigenvalue weighted by atomic mass is 79.9. The van der Waals surface area contributed by atoms with Crippen LogP contribution in [-0.4, -0.2) is 33.0 Å². The van der Waals surface area contributed by atoms with Crippen LogP contribution in [0, 0.1) is 0 Å². The number of halogens is 1. The lowest BCUT2D eigenvalue weighted by molar-refractivity contribution is -0.143. The summed E-state index contributed by atoms with van der Waals surface area (Å²) in [5, 5.41) is 19.9. The number of carbonyl (C=O) groups is 2. The summed E-state index contributed by atoms with van der Waals surface area (Å²) in [7, 11) is 0. The number of nitrogens with one attached hydrogen (secondary N) is 1. The summed E-state index contributed by atoms with van der Waals surface area (Å²) in [6.45, 7) is 0. The molecule has 0 aromatic carbocycles. The number of aliphatic hydroxyl groups excluding tert-OH is 1. The van der Waals surface area contributed by atoms with Crippen LogP contribution in [-0.2, 0) is 9.59 Å². The molecule has 0 amide bonds. The second-order valence-corrected chi connectivity index (χ2v) is 3.24. The van der Waals surface area contributed by atoms with E-state index in [0.717, 1.165) is 0 Å². The third-order valence-electron chi connectivity index (χ3n) is 1.39. The van der Waals surface area contributed by atoms with Gasteiger partial charge in [0.05, 0.1) is 4.95 Å².